The average Bonchev–Trinajstić information content (AvgIpc) is 3.45. The number of carbonyl (C=O) groups excluding carboxylic acids is 2. The number of carboxylic acids is 2. The van der Waals surface area contributed by atoms with Gasteiger partial charge < -0.3 is 26.1 Å². The molecule has 2 atom stereocenters. The largest absolute Gasteiger partial charge is 0.477 e. The van der Waals surface area contributed by atoms with Crippen molar-refractivity contribution < 1.29 is 34.2 Å². The Morgan fingerprint density at radius 3 is 2.70 bits per heavy atom. The number of aromatic carboxylic acids is 1. The number of hydrogen-bond donors (Lipinski definition) is 5. The SMILES string of the molecule is CCON=C(C(=O)NC1C(=O)N2C(C(=O)O)=C(CSc3s[nH]c(=O)c3C(=O)O)CS[C@H]12)c1nsc(N)n1. The monoisotopic (exact) mass is 587 g/mol. The molecule has 19 heteroatoms. The molecule has 0 spiro atoms. The maximum Gasteiger partial charge on any atom is 0.352 e. The minimum absolute atomic E-state index is 0.0400. The van der Waals surface area contributed by atoms with Gasteiger partial charge in [-0.15, -0.1) is 23.5 Å². The molecule has 196 valence electrons. The Balaban J connectivity index is 1.51. The summed E-state index contributed by atoms with van der Waals surface area (Å²) in [6.07, 6.45) is 0. The van der Waals surface area contributed by atoms with Crippen LogP contribution in [0.3, 0.4) is 0 Å². The predicted octanol–water partition coefficient (Wildman–Crippen LogP) is -0.160. The third kappa shape index (κ3) is 5.20. The van der Waals surface area contributed by atoms with Crippen molar-refractivity contribution in [3.05, 3.63) is 33.0 Å². The van der Waals surface area contributed by atoms with E-state index in [4.69, 9.17) is 10.6 Å². The van der Waals surface area contributed by atoms with Crippen molar-refractivity contribution in [2.75, 3.05) is 23.8 Å². The zero-order valence-electron chi connectivity index (χ0n) is 18.6. The first-order valence-electron chi connectivity index (χ1n) is 10.2. The second-order valence-electron chi connectivity index (χ2n) is 7.22. The lowest BCUT2D eigenvalue weighted by Crippen LogP contribution is -2.71. The van der Waals surface area contributed by atoms with Gasteiger partial charge in [-0.25, -0.2) is 9.59 Å². The number of aliphatic carboxylic acids is 1. The third-order valence-electron chi connectivity index (χ3n) is 4.95. The molecule has 1 saturated heterocycles. The molecule has 0 radical (unpaired) electrons. The van der Waals surface area contributed by atoms with Gasteiger partial charge in [-0.3, -0.25) is 23.7 Å². The fourth-order valence-corrected chi connectivity index (χ4v) is 7.26. The Hall–Kier alpha value is -3.42. The first-order chi connectivity index (χ1) is 17.6. The van der Waals surface area contributed by atoms with Crippen LogP contribution in [0.15, 0.2) is 25.4 Å². The number of nitrogens with one attached hydrogen (secondary N) is 2. The molecule has 2 amide bonds. The van der Waals surface area contributed by atoms with E-state index in [1.807, 2.05) is 0 Å². The molecule has 2 aromatic rings. The molecule has 0 aliphatic carbocycles. The van der Waals surface area contributed by atoms with Crippen LogP contribution in [0.25, 0.3) is 0 Å². The molecule has 2 aromatic heterocycles. The number of rotatable bonds is 10. The number of thioether (sulfide) groups is 2. The van der Waals surface area contributed by atoms with E-state index in [-0.39, 0.29) is 44.7 Å². The number of nitrogens with two attached hydrogens (primary N) is 1. The molecule has 1 unspecified atom stereocenters. The van der Waals surface area contributed by atoms with Gasteiger partial charge in [0.05, 0.1) is 4.21 Å². The van der Waals surface area contributed by atoms with Crippen molar-refractivity contribution in [2.24, 2.45) is 5.16 Å². The minimum Gasteiger partial charge on any atom is -0.477 e. The number of aromatic nitrogens is 3. The van der Waals surface area contributed by atoms with Crippen molar-refractivity contribution >= 4 is 81.2 Å². The molecule has 6 N–H and O–H groups in total. The molecule has 0 aromatic carbocycles. The van der Waals surface area contributed by atoms with Gasteiger partial charge in [-0.2, -0.15) is 9.36 Å². The Bertz CT molecular complexity index is 1400. The van der Waals surface area contributed by atoms with E-state index < -0.39 is 46.3 Å². The number of nitrogens with zero attached hydrogens (tertiary/aromatic N) is 4. The number of β-lactam (4-membered cyclic amide) rings is 1. The van der Waals surface area contributed by atoms with Crippen molar-refractivity contribution in [1.82, 2.24) is 23.9 Å². The lowest BCUT2D eigenvalue weighted by atomic mass is 10.0. The van der Waals surface area contributed by atoms with Crippen LogP contribution in [0.5, 0.6) is 0 Å². The topological polar surface area (TPSA) is 230 Å². The van der Waals surface area contributed by atoms with Crippen LogP contribution in [0.1, 0.15) is 23.1 Å². The van der Waals surface area contributed by atoms with E-state index in [1.165, 1.54) is 11.8 Å². The summed E-state index contributed by atoms with van der Waals surface area (Å²) in [4.78, 5) is 70.9. The zero-order chi connectivity index (χ0) is 26.9. The number of fused-ring (bicyclic) bond motifs is 1. The zero-order valence-corrected chi connectivity index (χ0v) is 21.9. The van der Waals surface area contributed by atoms with Crippen LogP contribution in [0.4, 0.5) is 5.13 Å². The Morgan fingerprint density at radius 2 is 2.08 bits per heavy atom. The van der Waals surface area contributed by atoms with E-state index in [0.29, 0.717) is 5.57 Å². The number of nitrogen functional groups attached to an aromatic ring is 1. The average molecular weight is 588 g/mol. The van der Waals surface area contributed by atoms with Crippen molar-refractivity contribution in [3.8, 4) is 0 Å². The van der Waals surface area contributed by atoms with Gasteiger partial charge in [0, 0.05) is 23.0 Å². The van der Waals surface area contributed by atoms with Gasteiger partial charge in [0.15, 0.2) is 10.7 Å². The van der Waals surface area contributed by atoms with Crippen molar-refractivity contribution in [3.63, 3.8) is 0 Å². The predicted molar refractivity (Wildman–Crippen MR) is 135 cm³/mol. The smallest absolute Gasteiger partial charge is 0.352 e. The summed E-state index contributed by atoms with van der Waals surface area (Å²) in [5, 5.41) is 24.7. The quantitative estimate of drug-likeness (QED) is 0.105. The molecular formula is C18H17N7O8S4. The number of carboxylic acid groups (broad SMARTS) is 2. The number of anilines is 1. The molecule has 2 aliphatic heterocycles. The van der Waals surface area contributed by atoms with Crippen molar-refractivity contribution in [1.29, 1.82) is 0 Å². The van der Waals surface area contributed by atoms with Crippen LogP contribution >= 0.6 is 46.6 Å². The summed E-state index contributed by atoms with van der Waals surface area (Å²) in [6.45, 7) is 1.81. The van der Waals surface area contributed by atoms with E-state index >= 15 is 0 Å². The summed E-state index contributed by atoms with van der Waals surface area (Å²) in [6, 6.07) is -1.04. The van der Waals surface area contributed by atoms with Crippen molar-refractivity contribution in [2.45, 2.75) is 22.5 Å². The van der Waals surface area contributed by atoms with E-state index in [2.05, 4.69) is 24.2 Å². The van der Waals surface area contributed by atoms with Gasteiger partial charge >= 0.3 is 11.9 Å². The summed E-state index contributed by atoms with van der Waals surface area (Å²) in [5.74, 6) is -4.03. The summed E-state index contributed by atoms with van der Waals surface area (Å²) in [5.41, 5.74) is 4.26. The van der Waals surface area contributed by atoms with Gasteiger partial charge in [-0.05, 0) is 12.5 Å². The van der Waals surface area contributed by atoms with Gasteiger partial charge in [0.1, 0.15) is 23.7 Å². The highest BCUT2D eigenvalue weighted by atomic mass is 32.2. The fourth-order valence-electron chi connectivity index (χ4n) is 3.37. The maximum atomic E-state index is 12.9. The first kappa shape index (κ1) is 26.6. The number of aromatic amines is 1. The van der Waals surface area contributed by atoms with Crippen LogP contribution < -0.4 is 16.6 Å². The highest BCUT2D eigenvalue weighted by Crippen LogP contribution is 2.42. The molecule has 15 nitrogen and oxygen atoms in total. The Kier molecular flexibility index (Phi) is 7.85. The van der Waals surface area contributed by atoms with E-state index in [9.17, 15) is 34.2 Å². The highest BCUT2D eigenvalue weighted by molar-refractivity contribution is 8.02. The van der Waals surface area contributed by atoms with Crippen LogP contribution in [-0.2, 0) is 19.2 Å². The second-order valence-corrected chi connectivity index (χ2v) is 11.2. The lowest BCUT2D eigenvalue weighted by molar-refractivity contribution is -0.150. The Labute approximate surface area is 223 Å². The van der Waals surface area contributed by atoms with E-state index in [1.54, 1.807) is 6.92 Å². The Morgan fingerprint density at radius 1 is 1.32 bits per heavy atom. The maximum absolute atomic E-state index is 12.9. The lowest BCUT2D eigenvalue weighted by Gasteiger charge is -2.49. The minimum atomic E-state index is -1.39. The normalized spacial score (nSPS) is 19.3. The first-order valence-corrected chi connectivity index (χ1v) is 13.8. The van der Waals surface area contributed by atoms with Gasteiger partial charge in [0.25, 0.3) is 17.4 Å². The fraction of sp³-hybridized carbons (Fsp3) is 0.333. The molecule has 4 rings (SSSR count). The number of hydrogen-bond acceptors (Lipinski definition) is 14. The molecule has 37 heavy (non-hydrogen) atoms. The summed E-state index contributed by atoms with van der Waals surface area (Å²) < 4.78 is 6.47. The number of H-pyrrole nitrogens is 1. The number of carbonyl (C=O) groups is 4. The standard InChI is InChI=1S/C18H17N7O8S4/c1-2-33-22-7(10-21-18(19)37-23-10)12(27)20-8-13(28)25-9(16(31)32)5(3-34-14(8)25)4-35-17-6(15(29)30)11(26)24-36-17/h8,14H,2-4H2,1H3,(H,20,27)(H,24,26)(H,29,30)(H,31,32)(H2,19,21,23)/t8?,14-/m1/s1. The highest BCUT2D eigenvalue weighted by Gasteiger charge is 2.54. The number of oxime groups is 1. The molecule has 2 aliphatic rings. The van der Waals surface area contributed by atoms with Gasteiger partial charge in [-0.1, -0.05) is 16.7 Å². The van der Waals surface area contributed by atoms with E-state index in [0.717, 1.165) is 39.7 Å². The summed E-state index contributed by atoms with van der Waals surface area (Å²) in [7, 11) is 0. The van der Waals surface area contributed by atoms with Crippen LogP contribution in [0.2, 0.25) is 0 Å². The molecule has 0 bridgehead atoms. The summed E-state index contributed by atoms with van der Waals surface area (Å²) >= 11 is 3.90. The van der Waals surface area contributed by atoms with Crippen LogP contribution in [0, 0.1) is 0 Å². The van der Waals surface area contributed by atoms with Crippen LogP contribution in [-0.4, -0.2) is 87.8 Å². The third-order valence-corrected chi connectivity index (χ3v) is 9.07. The molecule has 1 fully saturated rings. The second kappa shape index (κ2) is 10.9. The molecule has 4 heterocycles. The molecule has 0 saturated carbocycles. The van der Waals surface area contributed by atoms with Gasteiger partial charge in [0.2, 0.25) is 11.5 Å². The molecular weight excluding hydrogens is 571 g/mol. The number of amides is 2.